The SMILES string of the molecule is C[N+]1(C)C/C(=C/c2ccc(F)cc2)C(=O)/C(=C\c2ccc(F)cc2)C1. The van der Waals surface area contributed by atoms with E-state index in [-0.39, 0.29) is 17.4 Å². The van der Waals surface area contributed by atoms with Crippen molar-refractivity contribution < 1.29 is 18.1 Å². The van der Waals surface area contributed by atoms with Crippen molar-refractivity contribution in [1.29, 1.82) is 0 Å². The number of piperidine rings is 1. The van der Waals surface area contributed by atoms with Crippen LogP contribution in [0.1, 0.15) is 11.1 Å². The van der Waals surface area contributed by atoms with Gasteiger partial charge in [-0.05, 0) is 47.5 Å². The van der Waals surface area contributed by atoms with Gasteiger partial charge >= 0.3 is 0 Å². The molecule has 0 spiro atoms. The summed E-state index contributed by atoms with van der Waals surface area (Å²) >= 11 is 0. The summed E-state index contributed by atoms with van der Waals surface area (Å²) in [6.07, 6.45) is 3.64. The Labute approximate surface area is 146 Å². The summed E-state index contributed by atoms with van der Waals surface area (Å²) in [7, 11) is 4.12. The molecule has 2 aromatic carbocycles. The Balaban J connectivity index is 1.96. The average Bonchev–Trinajstić information content (AvgIpc) is 2.55. The number of hydrogen-bond donors (Lipinski definition) is 0. The quantitative estimate of drug-likeness (QED) is 0.594. The van der Waals surface area contributed by atoms with E-state index in [0.717, 1.165) is 11.1 Å². The monoisotopic (exact) mass is 340 g/mol. The predicted molar refractivity (Wildman–Crippen MR) is 95.6 cm³/mol. The Kier molecular flexibility index (Phi) is 4.64. The van der Waals surface area contributed by atoms with Crippen molar-refractivity contribution in [3.05, 3.63) is 82.4 Å². The van der Waals surface area contributed by atoms with Gasteiger partial charge in [-0.25, -0.2) is 8.78 Å². The number of halogens is 2. The zero-order valence-electron chi connectivity index (χ0n) is 14.3. The molecule has 0 aromatic heterocycles. The number of quaternary nitrogens is 1. The fourth-order valence-electron chi connectivity index (χ4n) is 3.07. The van der Waals surface area contributed by atoms with Crippen molar-refractivity contribution >= 4 is 17.9 Å². The summed E-state index contributed by atoms with van der Waals surface area (Å²) in [6.45, 7) is 1.22. The highest BCUT2D eigenvalue weighted by molar-refractivity contribution is 6.14. The number of ketones is 1. The summed E-state index contributed by atoms with van der Waals surface area (Å²) in [5, 5.41) is 0. The van der Waals surface area contributed by atoms with Crippen LogP contribution in [0.2, 0.25) is 0 Å². The van der Waals surface area contributed by atoms with Gasteiger partial charge in [0.05, 0.1) is 25.2 Å². The summed E-state index contributed by atoms with van der Waals surface area (Å²) in [4.78, 5) is 12.9. The summed E-state index contributed by atoms with van der Waals surface area (Å²) in [5.41, 5.74) is 2.98. The molecule has 1 heterocycles. The van der Waals surface area contributed by atoms with Crippen LogP contribution in [0.4, 0.5) is 8.78 Å². The van der Waals surface area contributed by atoms with Gasteiger partial charge in [0.15, 0.2) is 5.78 Å². The van der Waals surface area contributed by atoms with Crippen molar-refractivity contribution in [3.8, 4) is 0 Å². The molecule has 25 heavy (non-hydrogen) atoms. The first-order valence-corrected chi connectivity index (χ1v) is 8.11. The van der Waals surface area contributed by atoms with Crippen molar-refractivity contribution in [2.24, 2.45) is 0 Å². The second kappa shape index (κ2) is 6.73. The minimum absolute atomic E-state index is 0.00824. The topological polar surface area (TPSA) is 17.1 Å². The van der Waals surface area contributed by atoms with Gasteiger partial charge in [-0.2, -0.15) is 0 Å². The Bertz CT molecular complexity index is 777. The fourth-order valence-corrected chi connectivity index (χ4v) is 3.07. The number of likely N-dealkylation sites (N-methyl/N-ethyl adjacent to an activating group) is 1. The van der Waals surface area contributed by atoms with Crippen molar-refractivity contribution in [3.63, 3.8) is 0 Å². The molecule has 4 heteroatoms. The maximum absolute atomic E-state index is 13.1. The number of rotatable bonds is 2. The van der Waals surface area contributed by atoms with Gasteiger partial charge in [0, 0.05) is 0 Å². The van der Waals surface area contributed by atoms with Gasteiger partial charge < -0.3 is 4.48 Å². The Morgan fingerprint density at radius 3 is 1.48 bits per heavy atom. The summed E-state index contributed by atoms with van der Waals surface area (Å²) < 4.78 is 26.8. The fraction of sp³-hybridized carbons (Fsp3) is 0.190. The Hall–Kier alpha value is -2.59. The highest BCUT2D eigenvalue weighted by Crippen LogP contribution is 2.24. The van der Waals surface area contributed by atoms with Crippen LogP contribution >= 0.6 is 0 Å². The lowest BCUT2D eigenvalue weighted by Gasteiger charge is -2.35. The van der Waals surface area contributed by atoms with E-state index in [1.807, 2.05) is 12.2 Å². The number of likely N-dealkylation sites (tertiary alicyclic amines) is 1. The predicted octanol–water partition coefficient (Wildman–Crippen LogP) is 4.09. The van der Waals surface area contributed by atoms with Crippen molar-refractivity contribution in [2.45, 2.75) is 0 Å². The van der Waals surface area contributed by atoms with Crippen LogP contribution in [0.3, 0.4) is 0 Å². The lowest BCUT2D eigenvalue weighted by Crippen LogP contribution is -2.48. The molecule has 2 nitrogen and oxygen atoms in total. The molecule has 0 N–H and O–H groups in total. The van der Waals surface area contributed by atoms with Crippen LogP contribution in [0.25, 0.3) is 12.2 Å². The van der Waals surface area contributed by atoms with Crippen LogP contribution in [0.5, 0.6) is 0 Å². The van der Waals surface area contributed by atoms with Crippen LogP contribution in [0.15, 0.2) is 59.7 Å². The number of hydrogen-bond acceptors (Lipinski definition) is 1. The molecule has 0 amide bonds. The maximum Gasteiger partial charge on any atom is 0.196 e. The third kappa shape index (κ3) is 4.28. The van der Waals surface area contributed by atoms with Crippen LogP contribution in [-0.2, 0) is 4.79 Å². The zero-order valence-corrected chi connectivity index (χ0v) is 14.3. The van der Waals surface area contributed by atoms with E-state index in [1.165, 1.54) is 24.3 Å². The molecule has 0 atom stereocenters. The second-order valence-electron chi connectivity index (χ2n) is 7.02. The highest BCUT2D eigenvalue weighted by Gasteiger charge is 2.33. The lowest BCUT2D eigenvalue weighted by molar-refractivity contribution is -0.881. The molecular weight excluding hydrogens is 320 g/mol. The molecule has 1 aliphatic heterocycles. The molecule has 1 fully saturated rings. The normalized spacial score (nSPS) is 20.2. The molecule has 0 saturated carbocycles. The number of carbonyl (C=O) groups excluding carboxylic acids is 1. The van der Waals surface area contributed by atoms with E-state index in [9.17, 15) is 13.6 Å². The Morgan fingerprint density at radius 1 is 0.760 bits per heavy atom. The Morgan fingerprint density at radius 2 is 1.12 bits per heavy atom. The minimum atomic E-state index is -0.301. The van der Waals surface area contributed by atoms with Crippen LogP contribution in [0, 0.1) is 11.6 Å². The van der Waals surface area contributed by atoms with E-state index in [2.05, 4.69) is 14.1 Å². The van der Waals surface area contributed by atoms with Gasteiger partial charge in [-0.15, -0.1) is 0 Å². The van der Waals surface area contributed by atoms with Gasteiger partial charge in [0.1, 0.15) is 24.7 Å². The standard InChI is InChI=1S/C21H20F2NO/c1-24(2)13-17(11-15-3-7-19(22)8-4-15)21(25)18(14-24)12-16-5-9-20(23)10-6-16/h3-12H,13-14H2,1-2H3/q+1/b17-11-,18-12-. The van der Waals surface area contributed by atoms with E-state index in [1.54, 1.807) is 24.3 Å². The molecule has 3 rings (SSSR count). The van der Waals surface area contributed by atoms with Gasteiger partial charge in [0.2, 0.25) is 0 Å². The third-order valence-electron chi connectivity index (χ3n) is 4.20. The van der Waals surface area contributed by atoms with Crippen LogP contribution < -0.4 is 0 Å². The molecule has 2 aromatic rings. The highest BCUT2D eigenvalue weighted by atomic mass is 19.1. The smallest absolute Gasteiger partial charge is 0.196 e. The first-order chi connectivity index (χ1) is 11.8. The zero-order chi connectivity index (χ0) is 18.0. The second-order valence-corrected chi connectivity index (χ2v) is 7.02. The number of carbonyl (C=O) groups is 1. The number of nitrogens with zero attached hydrogens (tertiary/aromatic N) is 1. The van der Waals surface area contributed by atoms with Gasteiger partial charge in [-0.3, -0.25) is 4.79 Å². The van der Waals surface area contributed by atoms with Crippen molar-refractivity contribution in [2.75, 3.05) is 27.2 Å². The van der Waals surface area contributed by atoms with Gasteiger partial charge in [-0.1, -0.05) is 24.3 Å². The molecule has 0 aliphatic carbocycles. The van der Waals surface area contributed by atoms with Crippen molar-refractivity contribution in [1.82, 2.24) is 0 Å². The molecule has 0 unspecified atom stereocenters. The minimum Gasteiger partial charge on any atom is -0.321 e. The molecule has 1 saturated heterocycles. The summed E-state index contributed by atoms with van der Waals surface area (Å²) in [6, 6.07) is 12.2. The molecule has 128 valence electrons. The van der Waals surface area contributed by atoms with Crippen LogP contribution in [-0.4, -0.2) is 37.5 Å². The average molecular weight is 340 g/mol. The maximum atomic E-state index is 13.1. The third-order valence-corrected chi connectivity index (χ3v) is 4.20. The van der Waals surface area contributed by atoms with E-state index >= 15 is 0 Å². The molecule has 0 bridgehead atoms. The summed E-state index contributed by atoms with van der Waals surface area (Å²) in [5.74, 6) is -0.610. The van der Waals surface area contributed by atoms with Gasteiger partial charge in [0.25, 0.3) is 0 Å². The first kappa shape index (κ1) is 17.2. The van der Waals surface area contributed by atoms with E-state index in [4.69, 9.17) is 0 Å². The lowest BCUT2D eigenvalue weighted by atomic mass is 9.93. The number of benzene rings is 2. The first-order valence-electron chi connectivity index (χ1n) is 8.11. The number of Topliss-reactive ketones (excluding diaryl/α,β-unsaturated/α-hetero) is 1. The largest absolute Gasteiger partial charge is 0.321 e. The molecular formula is C21H20F2NO+. The molecule has 0 radical (unpaired) electrons. The molecule has 1 aliphatic rings. The van der Waals surface area contributed by atoms with E-state index < -0.39 is 0 Å². The van der Waals surface area contributed by atoms with E-state index in [0.29, 0.717) is 28.7 Å².